The molecule has 0 spiro atoms. The first-order chi connectivity index (χ1) is 8.86. The molecule has 1 heterocycles. The average Bonchev–Trinajstić information content (AvgIpc) is 2.68. The molecule has 1 unspecified atom stereocenters. The van der Waals surface area contributed by atoms with E-state index in [1.165, 1.54) is 17.0 Å². The zero-order chi connectivity index (χ0) is 14.0. The second-order valence-electron chi connectivity index (χ2n) is 6.27. The third-order valence-corrected chi connectivity index (χ3v) is 4.86. The van der Waals surface area contributed by atoms with E-state index in [2.05, 4.69) is 31.1 Å². The predicted molar refractivity (Wildman–Crippen MR) is 77.8 cm³/mol. The quantitative estimate of drug-likeness (QED) is 0.890. The third-order valence-electron chi connectivity index (χ3n) is 3.78. The molecule has 0 aliphatic heterocycles. The average molecular weight is 282 g/mol. The minimum Gasteiger partial charge on any atom is -0.481 e. The summed E-state index contributed by atoms with van der Waals surface area (Å²) in [7, 11) is 0. The Balaban J connectivity index is 1.98. The Hall–Kier alpha value is -1.10. The standard InChI is InChI=1S/C14H22N2O2S/c1-14(2,3)9-4-5-10-11(8-9)19-13(16-10)15-7-6-12(17)18/h9H,4-8H2,1-3H3,(H,15,16)(H,17,18). The number of nitrogens with one attached hydrogen (secondary N) is 1. The molecule has 0 amide bonds. The second kappa shape index (κ2) is 5.49. The lowest BCUT2D eigenvalue weighted by molar-refractivity contribution is -0.136. The van der Waals surface area contributed by atoms with Crippen molar-refractivity contribution in [2.45, 2.75) is 46.5 Å². The number of carbonyl (C=O) groups is 1. The Morgan fingerprint density at radius 1 is 1.53 bits per heavy atom. The van der Waals surface area contributed by atoms with Crippen molar-refractivity contribution in [1.29, 1.82) is 0 Å². The van der Waals surface area contributed by atoms with Crippen molar-refractivity contribution >= 4 is 22.4 Å². The number of hydrogen-bond acceptors (Lipinski definition) is 4. The van der Waals surface area contributed by atoms with Crippen LogP contribution in [0.15, 0.2) is 0 Å². The number of aromatic nitrogens is 1. The van der Waals surface area contributed by atoms with Crippen molar-refractivity contribution in [2.75, 3.05) is 11.9 Å². The molecule has 1 aromatic heterocycles. The van der Waals surface area contributed by atoms with Gasteiger partial charge in [0.1, 0.15) is 0 Å². The van der Waals surface area contributed by atoms with Gasteiger partial charge in [0, 0.05) is 11.4 Å². The van der Waals surface area contributed by atoms with Gasteiger partial charge in [-0.1, -0.05) is 20.8 Å². The van der Waals surface area contributed by atoms with Crippen molar-refractivity contribution in [1.82, 2.24) is 4.98 Å². The van der Waals surface area contributed by atoms with Gasteiger partial charge in [-0.2, -0.15) is 0 Å². The lowest BCUT2D eigenvalue weighted by Gasteiger charge is -2.33. The highest BCUT2D eigenvalue weighted by Crippen LogP contribution is 2.39. The van der Waals surface area contributed by atoms with E-state index in [4.69, 9.17) is 5.11 Å². The number of anilines is 1. The summed E-state index contributed by atoms with van der Waals surface area (Å²) in [5.41, 5.74) is 1.56. The Morgan fingerprint density at radius 2 is 2.26 bits per heavy atom. The smallest absolute Gasteiger partial charge is 0.305 e. The zero-order valence-electron chi connectivity index (χ0n) is 11.8. The van der Waals surface area contributed by atoms with Crippen LogP contribution in [0.5, 0.6) is 0 Å². The maximum absolute atomic E-state index is 10.5. The molecule has 106 valence electrons. The number of hydrogen-bond donors (Lipinski definition) is 2. The van der Waals surface area contributed by atoms with Gasteiger partial charge in [-0.3, -0.25) is 4.79 Å². The molecule has 5 heteroatoms. The maximum Gasteiger partial charge on any atom is 0.305 e. The number of nitrogens with zero attached hydrogens (tertiary/aromatic N) is 1. The number of carboxylic acid groups (broad SMARTS) is 1. The van der Waals surface area contributed by atoms with E-state index in [-0.39, 0.29) is 6.42 Å². The van der Waals surface area contributed by atoms with Crippen molar-refractivity contribution in [3.8, 4) is 0 Å². The summed E-state index contributed by atoms with van der Waals surface area (Å²) in [4.78, 5) is 16.4. The topological polar surface area (TPSA) is 62.2 Å². The van der Waals surface area contributed by atoms with Crippen molar-refractivity contribution in [2.24, 2.45) is 11.3 Å². The summed E-state index contributed by atoms with van der Waals surface area (Å²) in [6.07, 6.45) is 3.50. The number of fused-ring (bicyclic) bond motifs is 1. The van der Waals surface area contributed by atoms with Crippen LogP contribution in [0.25, 0.3) is 0 Å². The molecule has 1 atom stereocenters. The second-order valence-corrected chi connectivity index (χ2v) is 7.35. The van der Waals surface area contributed by atoms with Crippen LogP contribution in [0.4, 0.5) is 5.13 Å². The molecular weight excluding hydrogens is 260 g/mol. The van der Waals surface area contributed by atoms with Gasteiger partial charge in [0.05, 0.1) is 12.1 Å². The summed E-state index contributed by atoms with van der Waals surface area (Å²) < 4.78 is 0. The number of rotatable bonds is 4. The fraction of sp³-hybridized carbons (Fsp3) is 0.714. The van der Waals surface area contributed by atoms with E-state index in [0.29, 0.717) is 17.9 Å². The van der Waals surface area contributed by atoms with Gasteiger partial charge in [-0.25, -0.2) is 4.98 Å². The Morgan fingerprint density at radius 3 is 2.89 bits per heavy atom. The minimum absolute atomic E-state index is 0.134. The summed E-state index contributed by atoms with van der Waals surface area (Å²) in [5, 5.41) is 12.6. The summed E-state index contributed by atoms with van der Waals surface area (Å²) in [6, 6.07) is 0. The first kappa shape index (κ1) is 14.3. The largest absolute Gasteiger partial charge is 0.481 e. The van der Waals surface area contributed by atoms with Crippen LogP contribution in [0, 0.1) is 11.3 Å². The van der Waals surface area contributed by atoms with Gasteiger partial charge >= 0.3 is 5.97 Å². The van der Waals surface area contributed by atoms with E-state index in [9.17, 15) is 4.79 Å². The van der Waals surface area contributed by atoms with E-state index < -0.39 is 5.97 Å². The fourth-order valence-electron chi connectivity index (χ4n) is 2.47. The third kappa shape index (κ3) is 3.69. The summed E-state index contributed by atoms with van der Waals surface area (Å²) in [5.74, 6) is -0.0612. The molecule has 1 aromatic rings. The Labute approximate surface area is 118 Å². The van der Waals surface area contributed by atoms with Crippen molar-refractivity contribution < 1.29 is 9.90 Å². The van der Waals surface area contributed by atoms with Crippen LogP contribution in [0.2, 0.25) is 0 Å². The molecule has 0 radical (unpaired) electrons. The number of aryl methyl sites for hydroxylation is 1. The molecular formula is C14H22N2O2S. The van der Waals surface area contributed by atoms with Crippen LogP contribution in [0.1, 0.15) is 44.2 Å². The zero-order valence-corrected chi connectivity index (χ0v) is 12.6. The molecule has 2 rings (SSSR count). The van der Waals surface area contributed by atoms with Gasteiger partial charge in [0.2, 0.25) is 0 Å². The molecule has 0 fully saturated rings. The molecule has 0 saturated heterocycles. The first-order valence-electron chi connectivity index (χ1n) is 6.80. The monoisotopic (exact) mass is 282 g/mol. The van der Waals surface area contributed by atoms with Gasteiger partial charge in [0.25, 0.3) is 0 Å². The molecule has 0 saturated carbocycles. The number of thiazole rings is 1. The van der Waals surface area contributed by atoms with Gasteiger partial charge in [-0.15, -0.1) is 11.3 Å². The molecule has 1 aliphatic carbocycles. The highest BCUT2D eigenvalue weighted by molar-refractivity contribution is 7.15. The van der Waals surface area contributed by atoms with Crippen LogP contribution in [-0.4, -0.2) is 22.6 Å². The fourth-order valence-corrected chi connectivity index (χ4v) is 3.58. The van der Waals surface area contributed by atoms with Gasteiger partial charge < -0.3 is 10.4 Å². The van der Waals surface area contributed by atoms with Gasteiger partial charge in [-0.05, 0) is 30.6 Å². The maximum atomic E-state index is 10.5. The molecule has 0 bridgehead atoms. The lowest BCUT2D eigenvalue weighted by Crippen LogP contribution is -2.26. The molecule has 0 aromatic carbocycles. The molecule has 4 nitrogen and oxygen atoms in total. The Kier molecular flexibility index (Phi) is 4.13. The predicted octanol–water partition coefficient (Wildman–Crippen LogP) is 3.18. The molecule has 19 heavy (non-hydrogen) atoms. The highest BCUT2D eigenvalue weighted by atomic mass is 32.1. The SMILES string of the molecule is CC(C)(C)C1CCc2nc(NCCC(=O)O)sc2C1. The van der Waals surface area contributed by atoms with Crippen LogP contribution >= 0.6 is 11.3 Å². The summed E-state index contributed by atoms with van der Waals surface area (Å²) in [6.45, 7) is 7.35. The van der Waals surface area contributed by atoms with E-state index in [1.54, 1.807) is 11.3 Å². The van der Waals surface area contributed by atoms with Crippen LogP contribution in [0.3, 0.4) is 0 Å². The normalized spacial score (nSPS) is 19.0. The van der Waals surface area contributed by atoms with Crippen molar-refractivity contribution in [3.63, 3.8) is 0 Å². The number of aliphatic carboxylic acids is 1. The highest BCUT2D eigenvalue weighted by Gasteiger charge is 2.30. The van der Waals surface area contributed by atoms with E-state index in [0.717, 1.165) is 18.0 Å². The van der Waals surface area contributed by atoms with Gasteiger partial charge in [0.15, 0.2) is 5.13 Å². The van der Waals surface area contributed by atoms with E-state index in [1.807, 2.05) is 0 Å². The van der Waals surface area contributed by atoms with Crippen LogP contribution in [-0.2, 0) is 17.6 Å². The minimum atomic E-state index is -0.776. The summed E-state index contributed by atoms with van der Waals surface area (Å²) >= 11 is 1.69. The molecule has 1 aliphatic rings. The van der Waals surface area contributed by atoms with E-state index >= 15 is 0 Å². The lowest BCUT2D eigenvalue weighted by atomic mass is 9.73. The Bertz CT molecular complexity index is 463. The number of carboxylic acids is 1. The van der Waals surface area contributed by atoms with Crippen LogP contribution < -0.4 is 5.32 Å². The van der Waals surface area contributed by atoms with Crippen molar-refractivity contribution in [3.05, 3.63) is 10.6 Å². The first-order valence-corrected chi connectivity index (χ1v) is 7.62. The molecule has 2 N–H and O–H groups in total.